The van der Waals surface area contributed by atoms with Crippen molar-refractivity contribution in [2.45, 2.75) is 22.3 Å². The van der Waals surface area contributed by atoms with Crippen LogP contribution < -0.4 is 5.56 Å². The Bertz CT molecular complexity index is 4390. The molecule has 0 aromatic carbocycles. The number of fused-ring (bicyclic) bond motifs is 8. The topological polar surface area (TPSA) is 368 Å². The van der Waals surface area contributed by atoms with Crippen molar-refractivity contribution in [3.05, 3.63) is 298 Å². The molecule has 1 amide bonds. The van der Waals surface area contributed by atoms with Gasteiger partial charge in [-0.05, 0) is 109 Å². The highest BCUT2D eigenvalue weighted by atomic mass is 32.2. The van der Waals surface area contributed by atoms with Crippen LogP contribution in [0.1, 0.15) is 22.3 Å². The minimum Gasteiger partial charge on any atom is -0.343 e. The second kappa shape index (κ2) is 41.5. The van der Waals surface area contributed by atoms with Gasteiger partial charge in [0.25, 0.3) is 11.5 Å². The minimum atomic E-state index is -0.157. The first-order valence-corrected chi connectivity index (χ1v) is 28.7. The molecule has 0 fully saturated rings. The van der Waals surface area contributed by atoms with Crippen LogP contribution in [0.3, 0.4) is 0 Å². The second-order valence-electron chi connectivity index (χ2n) is 17.6. The highest BCUT2D eigenvalue weighted by Gasteiger charge is 2.23. The highest BCUT2D eigenvalue weighted by molar-refractivity contribution is 8.01. The van der Waals surface area contributed by atoms with Crippen molar-refractivity contribution in [2.24, 2.45) is 20.2 Å². The van der Waals surface area contributed by atoms with E-state index in [1.54, 1.807) is 168 Å². The maximum atomic E-state index is 11.0. The molecule has 0 spiro atoms. The summed E-state index contributed by atoms with van der Waals surface area (Å²) in [6.07, 6.45) is 49.0. The van der Waals surface area contributed by atoms with Gasteiger partial charge in [0.2, 0.25) is 0 Å². The fourth-order valence-corrected chi connectivity index (χ4v) is 7.72. The molecule has 0 atom stereocenters. The summed E-state index contributed by atoms with van der Waals surface area (Å²) in [7, 11) is 0. The van der Waals surface area contributed by atoms with Crippen molar-refractivity contribution >= 4 is 87.0 Å². The SMILES string of the molecule is C.C.C.C=C1N=C2C=CC=NN2S1.O=C1CN=C2C=CC=NN12.O=c1ccnc2cccnn12.c1ccncc1.c1ccncc1.c1cnc2ccnn2c1.c1cnc2nc[nH]c2c1.c1cnc2nccnc2n1.c1cncnc1.c1cnn2ccnc2c1.c1cnn2ncnc2c1. The highest BCUT2D eigenvalue weighted by Crippen LogP contribution is 2.30. The number of pyridine rings is 3. The summed E-state index contributed by atoms with van der Waals surface area (Å²) >= 11 is 1.44. The number of H-pyrrole nitrogens is 1. The largest absolute Gasteiger partial charge is 0.343 e. The number of hydrogen-bond donors (Lipinski definition) is 1. The number of carbonyl (C=O) groups is 1. The number of amides is 1. The zero-order valence-corrected chi connectivity index (χ0v) is 50.6. The fourth-order valence-electron chi connectivity index (χ4n) is 7.09. The molecule has 33 heteroatoms. The van der Waals surface area contributed by atoms with Gasteiger partial charge in [-0.2, -0.15) is 44.5 Å². The molecule has 32 nitrogen and oxygen atoms in total. The minimum absolute atomic E-state index is 0. The van der Waals surface area contributed by atoms with Crippen LogP contribution in [0.5, 0.6) is 0 Å². The van der Waals surface area contributed by atoms with Gasteiger partial charge in [-0.25, -0.2) is 73.8 Å². The maximum absolute atomic E-state index is 11.0. The van der Waals surface area contributed by atoms with E-state index in [9.17, 15) is 9.59 Å². The van der Waals surface area contributed by atoms with Gasteiger partial charge in [0.05, 0.1) is 18.0 Å². The van der Waals surface area contributed by atoms with Gasteiger partial charge in [-0.1, -0.05) is 41.0 Å². The van der Waals surface area contributed by atoms with Gasteiger partial charge in [0.1, 0.15) is 24.2 Å². The number of aromatic amines is 1. The molecule has 4 aliphatic rings. The zero-order valence-electron chi connectivity index (χ0n) is 49.7. The number of aliphatic imine (C=N–C) groups is 2. The molecular weight excluding hydrogens is 1260 g/mol. The molecule has 98 heavy (non-hydrogen) atoms. The van der Waals surface area contributed by atoms with Gasteiger partial charge in [0, 0.05) is 154 Å². The molecular formula is C65H64N30O2S. The molecule has 0 bridgehead atoms. The van der Waals surface area contributed by atoms with Crippen LogP contribution in [0.25, 0.3) is 45.0 Å². The lowest BCUT2D eigenvalue weighted by Gasteiger charge is -2.10. The average Bonchev–Trinajstić information content (AvgIpc) is 1.45. The maximum Gasteiger partial charge on any atom is 0.274 e. The predicted octanol–water partition coefficient (Wildman–Crippen LogP) is 8.76. The number of amidine groups is 2. The first-order valence-electron chi connectivity index (χ1n) is 27.9. The Kier molecular flexibility index (Phi) is 30.9. The lowest BCUT2D eigenvalue weighted by atomic mass is 10.4. The van der Waals surface area contributed by atoms with Crippen LogP contribution in [-0.4, -0.2) is 164 Å². The molecule has 0 unspecified atom stereocenters. The number of rotatable bonds is 0. The predicted molar refractivity (Wildman–Crippen MR) is 376 cm³/mol. The van der Waals surface area contributed by atoms with E-state index in [2.05, 4.69) is 127 Å². The van der Waals surface area contributed by atoms with Crippen LogP contribution in [-0.2, 0) is 4.79 Å². The smallest absolute Gasteiger partial charge is 0.274 e. The van der Waals surface area contributed by atoms with E-state index in [0.717, 1.165) is 39.0 Å². The zero-order chi connectivity index (χ0) is 65.6. The van der Waals surface area contributed by atoms with Crippen molar-refractivity contribution in [3.63, 3.8) is 0 Å². The number of carbonyl (C=O) groups excluding carboxylic acids is 1. The van der Waals surface area contributed by atoms with E-state index in [4.69, 9.17) is 0 Å². The standard InChI is InChI=1S/C7H5N3O.C6H4N4.C6H5N3O.C6H5N3S.3C6H5N3.C5H4N4.2C5H5N.C4H4N2.3CH4/c11-7-3-5-8-6-2-1-4-9-10(6)7;1-2-8-6-5(7-1)9-3-4-10-6;10-6-4-7-5-2-1-3-8-9(5)6;1-5-8-6-3-2-4-7-9(6)10-5;1-3-7-6-2-4-8-9(6)5-1;1-2-6-7-4-5-9(6)8-3-1;1-2-5-6(7-3-1)9-4-8-5;1-2-5-6-4-8-9(5)7-3-1;2*1-2-4-6-5-3-1;1-2-5-4-6-3-1;;;/h1-5H;1-4H;1-3H,4H2;2-4H,1H2;2*1-5H;1-4H,(H,7,8,9);1-4H;2*1-5H;1-4H;3*1H4. The number of imidazole rings is 2. The molecule has 19 heterocycles. The molecule has 0 saturated carbocycles. The van der Waals surface area contributed by atoms with Crippen molar-refractivity contribution in [1.82, 2.24) is 128 Å². The van der Waals surface area contributed by atoms with Crippen molar-refractivity contribution in [3.8, 4) is 0 Å². The first-order chi connectivity index (χ1) is 46.9. The van der Waals surface area contributed by atoms with Crippen molar-refractivity contribution in [1.29, 1.82) is 0 Å². The quantitative estimate of drug-likeness (QED) is 0.139. The van der Waals surface area contributed by atoms with Gasteiger partial charge in [0.15, 0.2) is 51.2 Å². The average molecular weight is 1330 g/mol. The van der Waals surface area contributed by atoms with Crippen LogP contribution in [0.2, 0.25) is 0 Å². The molecule has 4 aliphatic heterocycles. The Hall–Kier alpha value is -14.0. The first kappa shape index (κ1) is 73.1. The van der Waals surface area contributed by atoms with Crippen molar-refractivity contribution in [2.75, 3.05) is 6.54 Å². The van der Waals surface area contributed by atoms with Crippen molar-refractivity contribution < 1.29 is 4.79 Å². The monoisotopic (exact) mass is 1330 g/mol. The molecule has 1 N–H and O–H groups in total. The Morgan fingerprint density at radius 2 is 1.01 bits per heavy atom. The molecule has 19 rings (SSSR count). The van der Waals surface area contributed by atoms with Gasteiger partial charge in [-0.15, -0.1) is 9.73 Å². The molecule has 15 aromatic heterocycles. The van der Waals surface area contributed by atoms with E-state index in [1.807, 2.05) is 109 Å². The molecule has 0 radical (unpaired) electrons. The van der Waals surface area contributed by atoms with Crippen LogP contribution in [0.15, 0.2) is 313 Å². The Labute approximate surface area is 564 Å². The summed E-state index contributed by atoms with van der Waals surface area (Å²) < 4.78 is 7.91. The van der Waals surface area contributed by atoms with E-state index in [0.29, 0.717) is 22.8 Å². The van der Waals surface area contributed by atoms with Crippen LogP contribution in [0, 0.1) is 0 Å². The third-order valence-electron chi connectivity index (χ3n) is 11.2. The molecule has 0 aliphatic carbocycles. The normalized spacial score (nSPS) is 11.8. The van der Waals surface area contributed by atoms with Gasteiger partial charge >= 0.3 is 0 Å². The van der Waals surface area contributed by atoms with Crippen LogP contribution >= 0.6 is 11.9 Å². The molecule has 492 valence electrons. The van der Waals surface area contributed by atoms with E-state index >= 15 is 0 Å². The summed E-state index contributed by atoms with van der Waals surface area (Å²) in [5.74, 6) is 1.45. The Balaban J connectivity index is 0.000000170. The number of nitrogens with zero attached hydrogens (tertiary/aromatic N) is 29. The molecule has 0 saturated heterocycles. The summed E-state index contributed by atoms with van der Waals surface area (Å²) in [6.45, 7) is 3.94. The van der Waals surface area contributed by atoms with Gasteiger partial charge < -0.3 is 4.98 Å². The Morgan fingerprint density at radius 3 is 1.61 bits per heavy atom. The number of allylic oxidation sites excluding steroid dienone is 2. The van der Waals surface area contributed by atoms with E-state index in [1.165, 1.54) is 51.0 Å². The second-order valence-corrected chi connectivity index (χ2v) is 18.6. The number of hydrazone groups is 2. The van der Waals surface area contributed by atoms with Crippen LogP contribution in [0.4, 0.5) is 0 Å². The number of hydrogen-bond acceptors (Lipinski definition) is 27. The third-order valence-corrected chi connectivity index (χ3v) is 11.9. The third kappa shape index (κ3) is 23.9. The lowest BCUT2D eigenvalue weighted by Crippen LogP contribution is -2.27. The summed E-state index contributed by atoms with van der Waals surface area (Å²) in [4.78, 5) is 87.5. The molecule has 15 aromatic rings. The lowest BCUT2D eigenvalue weighted by molar-refractivity contribution is -0.124. The summed E-state index contributed by atoms with van der Waals surface area (Å²) in [5.41, 5.74) is 5.90. The Morgan fingerprint density at radius 1 is 0.429 bits per heavy atom. The fraction of sp³-hybridized carbons (Fsp3) is 0.0615. The van der Waals surface area contributed by atoms with E-state index < -0.39 is 0 Å². The summed E-state index contributed by atoms with van der Waals surface area (Å²) in [6, 6.07) is 33.0. The number of nitrogens with one attached hydrogen (secondary N) is 1. The number of aromatic nitrogens is 24. The summed E-state index contributed by atoms with van der Waals surface area (Å²) in [5, 5.41) is 29.4. The van der Waals surface area contributed by atoms with Gasteiger partial charge in [-0.3, -0.25) is 24.5 Å². The van der Waals surface area contributed by atoms with E-state index in [-0.39, 0.29) is 40.3 Å².